The molecule has 0 saturated heterocycles. The summed E-state index contributed by atoms with van der Waals surface area (Å²) < 4.78 is 41.1. The largest absolute Gasteiger partial charge is 0.416 e. The number of benzene rings is 3. The Labute approximate surface area is 177 Å². The Morgan fingerprint density at radius 3 is 2.42 bits per heavy atom. The van der Waals surface area contributed by atoms with Gasteiger partial charge in [0.25, 0.3) is 0 Å². The first-order chi connectivity index (χ1) is 14.7. The monoisotopic (exact) mass is 422 g/mol. The van der Waals surface area contributed by atoms with E-state index in [-0.39, 0.29) is 13.0 Å². The quantitative estimate of drug-likeness (QED) is 0.440. The van der Waals surface area contributed by atoms with Crippen LogP contribution in [0.3, 0.4) is 0 Å². The average molecular weight is 422 g/mol. The van der Waals surface area contributed by atoms with Crippen LogP contribution in [0, 0.1) is 6.92 Å². The van der Waals surface area contributed by atoms with Crippen molar-refractivity contribution in [3.8, 4) is 11.1 Å². The van der Waals surface area contributed by atoms with Crippen molar-refractivity contribution >= 4 is 16.8 Å². The molecule has 0 saturated carbocycles. The molecule has 1 heterocycles. The molecule has 3 nitrogen and oxygen atoms in total. The molecule has 0 unspecified atom stereocenters. The molecule has 0 aliphatic rings. The zero-order valence-electron chi connectivity index (χ0n) is 16.9. The molecule has 0 atom stereocenters. The van der Waals surface area contributed by atoms with Gasteiger partial charge >= 0.3 is 6.18 Å². The van der Waals surface area contributed by atoms with Crippen molar-refractivity contribution < 1.29 is 18.0 Å². The van der Waals surface area contributed by atoms with E-state index in [4.69, 9.17) is 5.73 Å². The lowest BCUT2D eigenvalue weighted by atomic mass is 10.0. The fraction of sp³-hybridized carbons (Fsp3) is 0.160. The second-order valence-electron chi connectivity index (χ2n) is 7.72. The number of amides is 1. The highest BCUT2D eigenvalue weighted by molar-refractivity contribution is 5.92. The van der Waals surface area contributed by atoms with Crippen molar-refractivity contribution in [1.29, 1.82) is 0 Å². The topological polar surface area (TPSA) is 48.0 Å². The molecular weight excluding hydrogens is 401 g/mol. The summed E-state index contributed by atoms with van der Waals surface area (Å²) in [5, 5.41) is 0.866. The van der Waals surface area contributed by atoms with Crippen LogP contribution in [-0.4, -0.2) is 10.5 Å². The van der Waals surface area contributed by atoms with Crippen molar-refractivity contribution in [3.05, 3.63) is 95.2 Å². The maximum atomic E-state index is 13.1. The molecule has 0 fully saturated rings. The van der Waals surface area contributed by atoms with Gasteiger partial charge in [0.05, 0.1) is 12.0 Å². The first kappa shape index (κ1) is 20.7. The van der Waals surface area contributed by atoms with Gasteiger partial charge in [0.1, 0.15) is 0 Å². The summed E-state index contributed by atoms with van der Waals surface area (Å²) in [7, 11) is 0. The second-order valence-corrected chi connectivity index (χ2v) is 7.72. The number of primary amides is 1. The van der Waals surface area contributed by atoms with Crippen LogP contribution in [0.2, 0.25) is 0 Å². The number of hydrogen-bond acceptors (Lipinski definition) is 1. The molecule has 0 spiro atoms. The van der Waals surface area contributed by atoms with Crippen LogP contribution in [0.25, 0.3) is 22.0 Å². The number of nitrogens with two attached hydrogens (primary N) is 1. The summed E-state index contributed by atoms with van der Waals surface area (Å²) in [4.78, 5) is 11.6. The normalized spacial score (nSPS) is 11.7. The Hall–Kier alpha value is -3.54. The van der Waals surface area contributed by atoms with Crippen LogP contribution in [0.15, 0.2) is 72.9 Å². The Morgan fingerprint density at radius 1 is 0.968 bits per heavy atom. The van der Waals surface area contributed by atoms with Gasteiger partial charge in [-0.05, 0) is 53.4 Å². The second kappa shape index (κ2) is 7.95. The number of rotatable bonds is 5. The Morgan fingerprint density at radius 2 is 1.71 bits per heavy atom. The molecule has 6 heteroatoms. The zero-order valence-corrected chi connectivity index (χ0v) is 16.9. The third-order valence-electron chi connectivity index (χ3n) is 5.29. The molecule has 2 N–H and O–H groups in total. The first-order valence-electron chi connectivity index (χ1n) is 9.84. The number of carbonyl (C=O) groups is 1. The minimum Gasteiger partial charge on any atom is -0.369 e. The summed E-state index contributed by atoms with van der Waals surface area (Å²) >= 11 is 0. The lowest BCUT2D eigenvalue weighted by molar-refractivity contribution is -0.137. The number of hydrogen-bond donors (Lipinski definition) is 1. The molecule has 4 rings (SSSR count). The number of halogens is 3. The molecule has 31 heavy (non-hydrogen) atoms. The fourth-order valence-electron chi connectivity index (χ4n) is 3.88. The van der Waals surface area contributed by atoms with Crippen LogP contribution in [-0.2, 0) is 23.9 Å². The van der Waals surface area contributed by atoms with Crippen LogP contribution >= 0.6 is 0 Å². The van der Waals surface area contributed by atoms with Crippen LogP contribution in [0.1, 0.15) is 22.3 Å². The molecule has 0 radical (unpaired) electrons. The molecule has 3 aromatic carbocycles. The van der Waals surface area contributed by atoms with Gasteiger partial charge in [-0.2, -0.15) is 13.2 Å². The minimum absolute atomic E-state index is 0.0589. The van der Waals surface area contributed by atoms with Gasteiger partial charge < -0.3 is 10.3 Å². The molecule has 4 aromatic rings. The minimum atomic E-state index is -4.39. The predicted octanol–water partition coefficient (Wildman–Crippen LogP) is 5.71. The van der Waals surface area contributed by atoms with E-state index in [2.05, 4.69) is 6.07 Å². The van der Waals surface area contributed by atoms with Crippen LogP contribution in [0.4, 0.5) is 13.2 Å². The van der Waals surface area contributed by atoms with Gasteiger partial charge in [0.15, 0.2) is 0 Å². The number of aromatic nitrogens is 1. The zero-order chi connectivity index (χ0) is 22.2. The summed E-state index contributed by atoms with van der Waals surface area (Å²) in [6.07, 6.45) is -2.53. The van der Waals surface area contributed by atoms with E-state index in [0.717, 1.165) is 45.3 Å². The van der Waals surface area contributed by atoms with E-state index in [1.807, 2.05) is 47.9 Å². The summed E-state index contributed by atoms with van der Waals surface area (Å²) in [5.74, 6) is -0.459. The number of alkyl halides is 3. The molecule has 1 aromatic heterocycles. The standard InChI is InChI=1S/C25H21F3N2O/c1-16-4-2-6-18(10-16)19-8-9-23-22(12-19)20(13-24(29)31)15-30(23)14-17-5-3-7-21(11-17)25(26,27)28/h2-12,15H,13-14H2,1H3,(H2,29,31). The summed E-state index contributed by atoms with van der Waals surface area (Å²) in [6, 6.07) is 19.3. The highest BCUT2D eigenvalue weighted by Crippen LogP contribution is 2.32. The third-order valence-corrected chi connectivity index (χ3v) is 5.29. The van der Waals surface area contributed by atoms with Crippen molar-refractivity contribution in [2.75, 3.05) is 0 Å². The van der Waals surface area contributed by atoms with E-state index < -0.39 is 17.6 Å². The molecule has 158 valence electrons. The molecule has 0 aliphatic heterocycles. The van der Waals surface area contributed by atoms with Gasteiger partial charge in [-0.15, -0.1) is 0 Å². The van der Waals surface area contributed by atoms with Crippen molar-refractivity contribution in [1.82, 2.24) is 4.57 Å². The molecule has 1 amide bonds. The molecule has 0 aliphatic carbocycles. The number of aryl methyl sites for hydroxylation is 1. The Balaban J connectivity index is 1.78. The maximum Gasteiger partial charge on any atom is 0.416 e. The van der Waals surface area contributed by atoms with Crippen molar-refractivity contribution in [2.45, 2.75) is 26.1 Å². The smallest absolute Gasteiger partial charge is 0.369 e. The highest BCUT2D eigenvalue weighted by Gasteiger charge is 2.30. The van der Waals surface area contributed by atoms with Crippen LogP contribution < -0.4 is 5.73 Å². The van der Waals surface area contributed by atoms with E-state index in [0.29, 0.717) is 5.56 Å². The molecule has 0 bridgehead atoms. The first-order valence-corrected chi connectivity index (χ1v) is 9.84. The van der Waals surface area contributed by atoms with Crippen molar-refractivity contribution in [3.63, 3.8) is 0 Å². The van der Waals surface area contributed by atoms with Gasteiger partial charge in [-0.3, -0.25) is 4.79 Å². The van der Waals surface area contributed by atoms with Gasteiger partial charge in [-0.25, -0.2) is 0 Å². The summed E-state index contributed by atoms with van der Waals surface area (Å²) in [5.41, 5.74) is 10.1. The Bertz CT molecular complexity index is 1270. The van der Waals surface area contributed by atoms with Crippen molar-refractivity contribution in [2.24, 2.45) is 5.73 Å². The van der Waals surface area contributed by atoms with E-state index >= 15 is 0 Å². The van der Waals surface area contributed by atoms with Gasteiger partial charge in [0, 0.05) is 23.6 Å². The Kier molecular flexibility index (Phi) is 5.31. The van der Waals surface area contributed by atoms with Crippen LogP contribution in [0.5, 0.6) is 0 Å². The van der Waals surface area contributed by atoms with E-state index in [9.17, 15) is 18.0 Å². The predicted molar refractivity (Wildman–Crippen MR) is 116 cm³/mol. The van der Waals surface area contributed by atoms with Gasteiger partial charge in [0.2, 0.25) is 5.91 Å². The highest BCUT2D eigenvalue weighted by atomic mass is 19.4. The lowest BCUT2D eigenvalue weighted by Gasteiger charge is -2.10. The molecular formula is C25H21F3N2O. The van der Waals surface area contributed by atoms with E-state index in [1.54, 1.807) is 12.3 Å². The third kappa shape index (κ3) is 4.48. The fourth-order valence-corrected chi connectivity index (χ4v) is 3.88. The number of nitrogens with zero attached hydrogens (tertiary/aromatic N) is 1. The van der Waals surface area contributed by atoms with E-state index in [1.165, 1.54) is 6.07 Å². The van der Waals surface area contributed by atoms with Gasteiger partial charge in [-0.1, -0.05) is 48.0 Å². The maximum absolute atomic E-state index is 13.1. The lowest BCUT2D eigenvalue weighted by Crippen LogP contribution is -2.13. The number of carbonyl (C=O) groups excluding carboxylic acids is 1. The summed E-state index contributed by atoms with van der Waals surface area (Å²) in [6.45, 7) is 2.27. The SMILES string of the molecule is Cc1cccc(-c2ccc3c(c2)c(CC(N)=O)cn3Cc2cccc(C(F)(F)F)c2)c1. The number of fused-ring (bicyclic) bond motifs is 1. The average Bonchev–Trinajstić information content (AvgIpc) is 3.03.